The van der Waals surface area contributed by atoms with E-state index in [1.165, 1.54) is 16.5 Å². The zero-order chi connectivity index (χ0) is 14.1. The van der Waals surface area contributed by atoms with Crippen molar-refractivity contribution in [2.75, 3.05) is 5.32 Å². The van der Waals surface area contributed by atoms with Crippen molar-refractivity contribution in [2.24, 2.45) is 0 Å². The third kappa shape index (κ3) is 2.38. The molecule has 0 saturated heterocycles. The summed E-state index contributed by atoms with van der Waals surface area (Å²) in [5.74, 6) is 0.575. The van der Waals surface area contributed by atoms with E-state index in [-0.39, 0.29) is 16.7 Å². The monoisotopic (exact) mass is 289 g/mol. The highest BCUT2D eigenvalue weighted by atomic mass is 32.1. The van der Waals surface area contributed by atoms with Crippen molar-refractivity contribution in [1.29, 1.82) is 0 Å². The lowest BCUT2D eigenvalue weighted by molar-refractivity contribution is -0.385. The Balaban J connectivity index is 1.86. The number of hydrogen-bond donors (Lipinski definition) is 1. The van der Waals surface area contributed by atoms with Crippen molar-refractivity contribution in [1.82, 2.24) is 4.98 Å². The summed E-state index contributed by atoms with van der Waals surface area (Å²) in [6, 6.07) is 3.87. The average Bonchev–Trinajstić information content (AvgIpc) is 2.90. The van der Waals surface area contributed by atoms with Gasteiger partial charge in [-0.05, 0) is 43.2 Å². The molecule has 2 heterocycles. The van der Waals surface area contributed by atoms with Crippen LogP contribution in [0.2, 0.25) is 0 Å². The van der Waals surface area contributed by atoms with Gasteiger partial charge in [0.05, 0.1) is 17.0 Å². The largest absolute Gasteiger partial charge is 0.363 e. The van der Waals surface area contributed by atoms with Crippen LogP contribution in [0.5, 0.6) is 0 Å². The van der Waals surface area contributed by atoms with Gasteiger partial charge in [-0.2, -0.15) is 0 Å². The maximum Gasteiger partial charge on any atom is 0.277 e. The summed E-state index contributed by atoms with van der Waals surface area (Å²) in [6.45, 7) is 1.70. The molecule has 1 N–H and O–H groups in total. The van der Waals surface area contributed by atoms with Gasteiger partial charge in [0, 0.05) is 16.6 Å². The van der Waals surface area contributed by atoms with Crippen LogP contribution < -0.4 is 5.32 Å². The summed E-state index contributed by atoms with van der Waals surface area (Å²) in [5.41, 5.74) is 2.01. The number of hydrogen-bond acceptors (Lipinski definition) is 5. The van der Waals surface area contributed by atoms with Gasteiger partial charge in [-0.1, -0.05) is 0 Å². The zero-order valence-corrected chi connectivity index (χ0v) is 11.9. The number of nitrogens with one attached hydrogen (secondary N) is 1. The summed E-state index contributed by atoms with van der Waals surface area (Å²) < 4.78 is 0. The van der Waals surface area contributed by atoms with E-state index >= 15 is 0 Å². The fourth-order valence-corrected chi connectivity index (χ4v) is 3.59. The number of aryl methyl sites for hydroxylation is 2. The molecule has 5 nitrogen and oxygen atoms in total. The minimum atomic E-state index is -0.362. The van der Waals surface area contributed by atoms with E-state index in [1.54, 1.807) is 24.5 Å². The maximum absolute atomic E-state index is 11.0. The minimum absolute atomic E-state index is 0.115. The van der Waals surface area contributed by atoms with Crippen LogP contribution in [0.1, 0.15) is 34.9 Å². The van der Waals surface area contributed by atoms with Crippen molar-refractivity contribution >= 4 is 22.8 Å². The van der Waals surface area contributed by atoms with Crippen molar-refractivity contribution in [3.05, 3.63) is 49.8 Å². The summed E-state index contributed by atoms with van der Waals surface area (Å²) >= 11 is 1.78. The molecule has 0 fully saturated rings. The smallest absolute Gasteiger partial charge is 0.277 e. The minimum Gasteiger partial charge on any atom is -0.363 e. The molecule has 0 amide bonds. The first-order chi connectivity index (χ1) is 9.65. The van der Waals surface area contributed by atoms with Gasteiger partial charge in [0.25, 0.3) is 5.69 Å². The third-order valence-corrected chi connectivity index (χ3v) is 4.64. The van der Waals surface area contributed by atoms with Crippen LogP contribution in [0.25, 0.3) is 0 Å². The van der Waals surface area contributed by atoms with Crippen LogP contribution in [-0.4, -0.2) is 9.91 Å². The predicted molar refractivity (Wildman–Crippen MR) is 79.2 cm³/mol. The van der Waals surface area contributed by atoms with Gasteiger partial charge in [-0.3, -0.25) is 10.1 Å². The van der Waals surface area contributed by atoms with Crippen molar-refractivity contribution in [3.8, 4) is 0 Å². The molecule has 3 rings (SSSR count). The lowest BCUT2D eigenvalue weighted by atomic mass is 9.94. The molecule has 1 aliphatic carbocycles. The predicted octanol–water partition coefficient (Wildman–Crippen LogP) is 3.85. The highest BCUT2D eigenvalue weighted by Gasteiger charge is 2.22. The first-order valence-electron chi connectivity index (χ1n) is 6.59. The molecule has 1 atom stereocenters. The number of rotatable bonds is 3. The number of nitro groups is 1. The molecule has 2 aromatic rings. The van der Waals surface area contributed by atoms with Gasteiger partial charge in [-0.25, -0.2) is 4.98 Å². The van der Waals surface area contributed by atoms with Crippen LogP contribution in [0.3, 0.4) is 0 Å². The van der Waals surface area contributed by atoms with Gasteiger partial charge >= 0.3 is 0 Å². The van der Waals surface area contributed by atoms with Crippen LogP contribution in [0, 0.1) is 17.0 Å². The zero-order valence-electron chi connectivity index (χ0n) is 11.1. The third-order valence-electron chi connectivity index (χ3n) is 3.65. The lowest BCUT2D eigenvalue weighted by Gasteiger charge is -2.24. The Bertz CT molecular complexity index is 654. The van der Waals surface area contributed by atoms with Gasteiger partial charge in [-0.15, -0.1) is 11.3 Å². The number of pyridine rings is 1. The Kier molecular flexibility index (Phi) is 3.40. The Labute approximate surface area is 120 Å². The quantitative estimate of drug-likeness (QED) is 0.688. The second kappa shape index (κ2) is 5.20. The molecule has 0 radical (unpaired) electrons. The van der Waals surface area contributed by atoms with Gasteiger partial charge < -0.3 is 5.32 Å². The normalized spacial score (nSPS) is 17.6. The Hall–Kier alpha value is -1.95. The van der Waals surface area contributed by atoms with E-state index in [0.717, 1.165) is 19.3 Å². The van der Waals surface area contributed by atoms with Gasteiger partial charge in [0.1, 0.15) is 5.82 Å². The van der Waals surface area contributed by atoms with Crippen molar-refractivity contribution < 1.29 is 4.92 Å². The molecule has 1 unspecified atom stereocenters. The van der Waals surface area contributed by atoms with Crippen LogP contribution in [0.4, 0.5) is 11.5 Å². The molecule has 0 saturated carbocycles. The van der Waals surface area contributed by atoms with Crippen LogP contribution in [-0.2, 0) is 6.42 Å². The van der Waals surface area contributed by atoms with E-state index in [4.69, 9.17) is 0 Å². The molecular formula is C14H15N3O2S. The number of nitrogens with zero attached hydrogens (tertiary/aromatic N) is 2. The first kappa shape index (κ1) is 13.1. The van der Waals surface area contributed by atoms with E-state index in [2.05, 4.69) is 21.7 Å². The molecule has 0 spiro atoms. The maximum atomic E-state index is 11.0. The standard InChI is InChI=1S/C14H15N3O2S/c1-9-8-15-14(7-12(9)17(18)19)16-11-3-2-4-13-10(11)5-6-20-13/h5-8,11H,2-4H2,1H3,(H,15,16). The summed E-state index contributed by atoms with van der Waals surface area (Å²) in [5, 5.41) is 16.4. The van der Waals surface area contributed by atoms with Gasteiger partial charge in [0.15, 0.2) is 0 Å². The second-order valence-corrected chi connectivity index (χ2v) is 6.00. The summed E-state index contributed by atoms with van der Waals surface area (Å²) in [4.78, 5) is 16.3. The van der Waals surface area contributed by atoms with Gasteiger partial charge in [0.2, 0.25) is 0 Å². The Morgan fingerprint density at radius 2 is 2.40 bits per heavy atom. The van der Waals surface area contributed by atoms with E-state index in [1.807, 2.05) is 0 Å². The highest BCUT2D eigenvalue weighted by molar-refractivity contribution is 7.10. The molecule has 0 aromatic carbocycles. The van der Waals surface area contributed by atoms with Crippen LogP contribution >= 0.6 is 11.3 Å². The fourth-order valence-electron chi connectivity index (χ4n) is 2.60. The molecule has 1 aliphatic rings. The van der Waals surface area contributed by atoms with E-state index in [0.29, 0.717) is 11.4 Å². The number of anilines is 1. The molecule has 2 aromatic heterocycles. The molecule has 0 aliphatic heterocycles. The molecule has 104 valence electrons. The van der Waals surface area contributed by atoms with Crippen molar-refractivity contribution in [2.45, 2.75) is 32.2 Å². The number of aromatic nitrogens is 1. The molecule has 20 heavy (non-hydrogen) atoms. The summed E-state index contributed by atoms with van der Waals surface area (Å²) in [6.07, 6.45) is 4.86. The van der Waals surface area contributed by atoms with Crippen molar-refractivity contribution in [3.63, 3.8) is 0 Å². The van der Waals surface area contributed by atoms with Crippen LogP contribution in [0.15, 0.2) is 23.7 Å². The second-order valence-electron chi connectivity index (χ2n) is 5.00. The Morgan fingerprint density at radius 3 is 3.20 bits per heavy atom. The molecule has 6 heteroatoms. The van der Waals surface area contributed by atoms with E-state index in [9.17, 15) is 10.1 Å². The molecular weight excluding hydrogens is 274 g/mol. The summed E-state index contributed by atoms with van der Waals surface area (Å²) in [7, 11) is 0. The Morgan fingerprint density at radius 1 is 1.55 bits per heavy atom. The van der Waals surface area contributed by atoms with E-state index < -0.39 is 0 Å². The number of thiophene rings is 1. The fraction of sp³-hybridized carbons (Fsp3) is 0.357. The highest BCUT2D eigenvalue weighted by Crippen LogP contribution is 2.35. The molecule has 0 bridgehead atoms. The first-order valence-corrected chi connectivity index (χ1v) is 7.47. The SMILES string of the molecule is Cc1cnc(NC2CCCc3sccc32)cc1[N+](=O)[O-]. The lowest BCUT2D eigenvalue weighted by Crippen LogP contribution is -2.16. The average molecular weight is 289 g/mol. The topological polar surface area (TPSA) is 68.1 Å². The number of fused-ring (bicyclic) bond motifs is 1.